The van der Waals surface area contributed by atoms with Crippen LogP contribution < -0.4 is 15.8 Å². The van der Waals surface area contributed by atoms with Gasteiger partial charge in [0, 0.05) is 6.54 Å². The van der Waals surface area contributed by atoms with E-state index in [1.54, 1.807) is 7.11 Å². The lowest BCUT2D eigenvalue weighted by Gasteiger charge is -2.24. The van der Waals surface area contributed by atoms with Crippen LogP contribution in [0.5, 0.6) is 5.75 Å². The Labute approximate surface area is 121 Å². The van der Waals surface area contributed by atoms with Crippen molar-refractivity contribution < 1.29 is 9.53 Å². The second kappa shape index (κ2) is 5.83. The third-order valence-corrected chi connectivity index (χ3v) is 3.44. The van der Waals surface area contributed by atoms with Crippen molar-refractivity contribution in [3.05, 3.63) is 23.8 Å². The number of amides is 1. The first-order valence-corrected chi connectivity index (χ1v) is 6.82. The molecule has 0 radical (unpaired) electrons. The number of ether oxygens (including phenoxy) is 1. The average molecular weight is 278 g/mol. The fraction of sp³-hybridized carbons (Fsp3) is 0.562. The molecular weight excluding hydrogens is 252 g/mol. The van der Waals surface area contributed by atoms with E-state index in [0.29, 0.717) is 18.0 Å². The predicted octanol–water partition coefficient (Wildman–Crippen LogP) is 2.92. The molecule has 0 unspecified atom stereocenters. The zero-order chi connectivity index (χ0) is 15.6. The Morgan fingerprint density at radius 1 is 1.25 bits per heavy atom. The number of carbonyl (C=O) groups excluding carboxylic acids is 1. The number of anilines is 1. The summed E-state index contributed by atoms with van der Waals surface area (Å²) in [5.41, 5.74) is 6.86. The van der Waals surface area contributed by atoms with Crippen molar-refractivity contribution in [1.82, 2.24) is 0 Å². The van der Waals surface area contributed by atoms with E-state index >= 15 is 0 Å². The van der Waals surface area contributed by atoms with Gasteiger partial charge in [-0.3, -0.25) is 4.79 Å². The average Bonchev–Trinajstić information content (AvgIpc) is 2.37. The van der Waals surface area contributed by atoms with Crippen LogP contribution in [0.1, 0.15) is 40.2 Å². The van der Waals surface area contributed by atoms with E-state index in [0.717, 1.165) is 5.56 Å². The minimum absolute atomic E-state index is 0.00906. The van der Waals surface area contributed by atoms with Crippen LogP contribution in [-0.4, -0.2) is 19.6 Å². The molecule has 0 bridgehead atoms. The van der Waals surface area contributed by atoms with Crippen molar-refractivity contribution in [2.45, 2.75) is 40.0 Å². The van der Waals surface area contributed by atoms with E-state index < -0.39 is 5.41 Å². The van der Waals surface area contributed by atoms with E-state index in [1.165, 1.54) is 0 Å². The fourth-order valence-corrected chi connectivity index (χ4v) is 1.66. The van der Waals surface area contributed by atoms with Gasteiger partial charge in [-0.1, -0.05) is 26.8 Å². The number of carbonyl (C=O) groups is 1. The Balaban J connectivity index is 3.13. The van der Waals surface area contributed by atoms with Gasteiger partial charge in [0.05, 0.1) is 18.2 Å². The number of hydrogen-bond acceptors (Lipinski definition) is 3. The first kappa shape index (κ1) is 16.5. The van der Waals surface area contributed by atoms with E-state index in [-0.39, 0.29) is 11.3 Å². The molecule has 0 saturated heterocycles. The second-order valence-electron chi connectivity index (χ2n) is 6.71. The molecular formula is C16H26N2O2. The number of benzene rings is 1. The highest BCUT2D eigenvalue weighted by Crippen LogP contribution is 2.32. The summed E-state index contributed by atoms with van der Waals surface area (Å²) in [7, 11) is 1.59. The maximum absolute atomic E-state index is 12.2. The molecule has 1 rings (SSSR count). The molecule has 0 aliphatic rings. The maximum atomic E-state index is 12.2. The summed E-state index contributed by atoms with van der Waals surface area (Å²) in [6, 6.07) is 5.86. The molecule has 0 heterocycles. The van der Waals surface area contributed by atoms with Gasteiger partial charge in [0.15, 0.2) is 0 Å². The smallest absolute Gasteiger partial charge is 0.231 e. The van der Waals surface area contributed by atoms with Crippen LogP contribution in [0, 0.1) is 5.41 Å². The molecule has 0 aliphatic heterocycles. The fourth-order valence-electron chi connectivity index (χ4n) is 1.66. The van der Waals surface area contributed by atoms with E-state index in [2.05, 4.69) is 26.1 Å². The van der Waals surface area contributed by atoms with E-state index in [1.807, 2.05) is 32.0 Å². The van der Waals surface area contributed by atoms with Gasteiger partial charge in [-0.15, -0.1) is 0 Å². The Hall–Kier alpha value is -1.55. The van der Waals surface area contributed by atoms with E-state index in [9.17, 15) is 4.79 Å². The molecule has 0 aromatic heterocycles. The summed E-state index contributed by atoms with van der Waals surface area (Å²) < 4.78 is 5.31. The van der Waals surface area contributed by atoms with Gasteiger partial charge < -0.3 is 15.8 Å². The maximum Gasteiger partial charge on any atom is 0.231 e. The molecule has 4 nitrogen and oxygen atoms in total. The molecule has 0 fully saturated rings. The van der Waals surface area contributed by atoms with Crippen LogP contribution in [0.25, 0.3) is 0 Å². The lowest BCUT2D eigenvalue weighted by Crippen LogP contribution is -2.37. The lowest BCUT2D eigenvalue weighted by atomic mass is 9.86. The number of nitrogens with two attached hydrogens (primary N) is 1. The molecule has 0 aliphatic carbocycles. The number of rotatable bonds is 4. The molecule has 3 N–H and O–H groups in total. The first-order chi connectivity index (χ1) is 9.11. The summed E-state index contributed by atoms with van der Waals surface area (Å²) in [4.78, 5) is 12.2. The minimum atomic E-state index is -0.608. The van der Waals surface area contributed by atoms with Crippen molar-refractivity contribution in [2.75, 3.05) is 19.0 Å². The highest BCUT2D eigenvalue weighted by atomic mass is 16.5. The van der Waals surface area contributed by atoms with Crippen LogP contribution in [0.15, 0.2) is 18.2 Å². The van der Waals surface area contributed by atoms with Gasteiger partial charge in [-0.05, 0) is 37.0 Å². The number of methoxy groups -OCH3 is 1. The lowest BCUT2D eigenvalue weighted by molar-refractivity contribution is -0.123. The molecule has 4 heteroatoms. The predicted molar refractivity (Wildman–Crippen MR) is 83.2 cm³/mol. The van der Waals surface area contributed by atoms with Gasteiger partial charge in [0.1, 0.15) is 5.75 Å². The molecule has 0 spiro atoms. The Kier molecular flexibility index (Phi) is 4.81. The highest BCUT2D eigenvalue weighted by molar-refractivity contribution is 5.96. The second-order valence-corrected chi connectivity index (χ2v) is 6.71. The largest absolute Gasteiger partial charge is 0.495 e. The van der Waals surface area contributed by atoms with Gasteiger partial charge in [-0.2, -0.15) is 0 Å². The summed E-state index contributed by atoms with van der Waals surface area (Å²) >= 11 is 0. The molecule has 20 heavy (non-hydrogen) atoms. The van der Waals surface area contributed by atoms with Gasteiger partial charge >= 0.3 is 0 Å². The molecule has 0 saturated carbocycles. The SMILES string of the molecule is COc1ccc(C(C)(C)C)cc1NC(=O)C(C)(C)CN. The topological polar surface area (TPSA) is 64.3 Å². The third kappa shape index (κ3) is 3.73. The zero-order valence-corrected chi connectivity index (χ0v) is 13.3. The van der Waals surface area contributed by atoms with Crippen molar-refractivity contribution >= 4 is 11.6 Å². The van der Waals surface area contributed by atoms with Crippen molar-refractivity contribution in [1.29, 1.82) is 0 Å². The van der Waals surface area contributed by atoms with Crippen LogP contribution in [-0.2, 0) is 10.2 Å². The van der Waals surface area contributed by atoms with Crippen molar-refractivity contribution in [3.63, 3.8) is 0 Å². The van der Waals surface area contributed by atoms with Crippen molar-refractivity contribution in [2.24, 2.45) is 11.1 Å². The minimum Gasteiger partial charge on any atom is -0.495 e. The standard InChI is InChI=1S/C16H26N2O2/c1-15(2,3)11-7-8-13(20-6)12(9-11)18-14(19)16(4,5)10-17/h7-9H,10,17H2,1-6H3,(H,18,19). The first-order valence-electron chi connectivity index (χ1n) is 6.82. The summed E-state index contributed by atoms with van der Waals surface area (Å²) in [5, 5.41) is 2.92. The number of hydrogen-bond donors (Lipinski definition) is 2. The van der Waals surface area contributed by atoms with Crippen LogP contribution in [0.3, 0.4) is 0 Å². The summed E-state index contributed by atoms with van der Waals surface area (Å²) in [6.45, 7) is 10.3. The number of nitrogens with one attached hydrogen (secondary N) is 1. The Bertz CT molecular complexity index is 488. The van der Waals surface area contributed by atoms with Gasteiger partial charge in [-0.25, -0.2) is 0 Å². The van der Waals surface area contributed by atoms with Crippen LogP contribution >= 0.6 is 0 Å². The normalized spacial score (nSPS) is 12.2. The van der Waals surface area contributed by atoms with Gasteiger partial charge in [0.25, 0.3) is 0 Å². The highest BCUT2D eigenvalue weighted by Gasteiger charge is 2.27. The summed E-state index contributed by atoms with van der Waals surface area (Å²) in [6.07, 6.45) is 0. The Morgan fingerprint density at radius 3 is 2.30 bits per heavy atom. The molecule has 112 valence electrons. The Morgan fingerprint density at radius 2 is 1.85 bits per heavy atom. The van der Waals surface area contributed by atoms with Crippen LogP contribution in [0.2, 0.25) is 0 Å². The summed E-state index contributed by atoms with van der Waals surface area (Å²) in [5.74, 6) is 0.545. The quantitative estimate of drug-likeness (QED) is 0.890. The molecule has 1 aromatic carbocycles. The molecule has 1 aromatic rings. The molecule has 1 amide bonds. The molecule has 0 atom stereocenters. The van der Waals surface area contributed by atoms with Crippen LogP contribution in [0.4, 0.5) is 5.69 Å². The zero-order valence-electron chi connectivity index (χ0n) is 13.3. The van der Waals surface area contributed by atoms with E-state index in [4.69, 9.17) is 10.5 Å². The van der Waals surface area contributed by atoms with Crippen molar-refractivity contribution in [3.8, 4) is 5.75 Å². The van der Waals surface area contributed by atoms with Gasteiger partial charge in [0.2, 0.25) is 5.91 Å². The monoisotopic (exact) mass is 278 g/mol. The third-order valence-electron chi connectivity index (χ3n) is 3.44.